The molecule has 1 fully saturated rings. The highest BCUT2D eigenvalue weighted by Gasteiger charge is 2.19. The molecule has 1 aliphatic rings. The number of aliphatic imine (C=N–C) groups is 1. The summed E-state index contributed by atoms with van der Waals surface area (Å²) < 4.78 is 1.82. The zero-order chi connectivity index (χ0) is 15.1. The fourth-order valence-electron chi connectivity index (χ4n) is 2.63. The van der Waals surface area contributed by atoms with Gasteiger partial charge in [-0.2, -0.15) is 5.10 Å². The second-order valence-corrected chi connectivity index (χ2v) is 5.68. The van der Waals surface area contributed by atoms with Crippen LogP contribution in [0.2, 0.25) is 0 Å². The molecule has 1 aromatic rings. The molecule has 1 saturated carbocycles. The maximum atomic E-state index is 9.55. The van der Waals surface area contributed by atoms with E-state index in [2.05, 4.69) is 27.6 Å². The van der Waals surface area contributed by atoms with Crippen molar-refractivity contribution in [2.24, 2.45) is 12.0 Å². The summed E-state index contributed by atoms with van der Waals surface area (Å²) in [6, 6.07) is 0.421. The van der Waals surface area contributed by atoms with Crippen molar-refractivity contribution in [3.63, 3.8) is 0 Å². The van der Waals surface area contributed by atoms with Crippen LogP contribution in [-0.4, -0.2) is 46.1 Å². The van der Waals surface area contributed by atoms with Crippen LogP contribution in [0.25, 0.3) is 0 Å². The molecule has 0 atom stereocenters. The van der Waals surface area contributed by atoms with E-state index in [1.165, 1.54) is 5.56 Å². The minimum Gasteiger partial charge on any atom is -0.393 e. The third kappa shape index (κ3) is 5.38. The molecule has 0 saturated heterocycles. The first-order valence-corrected chi connectivity index (χ1v) is 7.87. The third-order valence-electron chi connectivity index (χ3n) is 3.81. The number of aliphatic hydroxyl groups is 1. The quantitative estimate of drug-likeness (QED) is 0.555. The molecule has 118 valence electrons. The number of nitrogens with zero attached hydrogens (tertiary/aromatic N) is 3. The summed E-state index contributed by atoms with van der Waals surface area (Å²) in [4.78, 5) is 4.63. The summed E-state index contributed by atoms with van der Waals surface area (Å²) in [5.41, 5.74) is 1.21. The smallest absolute Gasteiger partial charge is 0.191 e. The van der Waals surface area contributed by atoms with Gasteiger partial charge in [0.1, 0.15) is 0 Å². The molecule has 1 heterocycles. The Labute approximate surface area is 126 Å². The highest BCUT2D eigenvalue weighted by atomic mass is 16.3. The van der Waals surface area contributed by atoms with Crippen molar-refractivity contribution in [2.75, 3.05) is 13.1 Å². The average Bonchev–Trinajstić information content (AvgIpc) is 2.87. The molecule has 2 rings (SSSR count). The molecular formula is C15H27N5O. The summed E-state index contributed by atoms with van der Waals surface area (Å²) in [6.07, 6.45) is 8.47. The number of hydrogen-bond acceptors (Lipinski definition) is 3. The molecule has 0 aromatic carbocycles. The van der Waals surface area contributed by atoms with Crippen molar-refractivity contribution in [2.45, 2.75) is 51.2 Å². The molecule has 6 nitrogen and oxygen atoms in total. The molecule has 0 bridgehead atoms. The van der Waals surface area contributed by atoms with Gasteiger partial charge >= 0.3 is 0 Å². The SMILES string of the molecule is CCNC(=NCCc1cnn(C)c1)NC1CCC(O)CC1. The fraction of sp³-hybridized carbons (Fsp3) is 0.733. The Kier molecular flexibility index (Phi) is 6.04. The van der Waals surface area contributed by atoms with Gasteiger partial charge in [-0.25, -0.2) is 0 Å². The topological polar surface area (TPSA) is 74.5 Å². The standard InChI is InChI=1S/C15H27N5O/c1-3-16-15(19-13-4-6-14(21)7-5-13)17-9-8-12-10-18-20(2)11-12/h10-11,13-14,21H,3-9H2,1-2H3,(H2,16,17,19). The van der Waals surface area contributed by atoms with E-state index >= 15 is 0 Å². The van der Waals surface area contributed by atoms with Crippen LogP contribution in [0, 0.1) is 0 Å². The van der Waals surface area contributed by atoms with Crippen LogP contribution in [-0.2, 0) is 13.5 Å². The van der Waals surface area contributed by atoms with Gasteiger partial charge in [0.05, 0.1) is 12.3 Å². The molecule has 21 heavy (non-hydrogen) atoms. The minimum atomic E-state index is -0.117. The molecule has 1 aliphatic carbocycles. The number of aromatic nitrogens is 2. The monoisotopic (exact) mass is 293 g/mol. The van der Waals surface area contributed by atoms with Crippen LogP contribution in [0.1, 0.15) is 38.2 Å². The van der Waals surface area contributed by atoms with E-state index in [-0.39, 0.29) is 6.10 Å². The molecular weight excluding hydrogens is 266 g/mol. The van der Waals surface area contributed by atoms with E-state index < -0.39 is 0 Å². The second-order valence-electron chi connectivity index (χ2n) is 5.68. The van der Waals surface area contributed by atoms with Crippen molar-refractivity contribution in [3.8, 4) is 0 Å². The molecule has 0 radical (unpaired) electrons. The maximum Gasteiger partial charge on any atom is 0.191 e. The van der Waals surface area contributed by atoms with Gasteiger partial charge in [-0.1, -0.05) is 0 Å². The first-order chi connectivity index (χ1) is 10.2. The van der Waals surface area contributed by atoms with Gasteiger partial charge in [0.15, 0.2) is 5.96 Å². The van der Waals surface area contributed by atoms with Crippen LogP contribution >= 0.6 is 0 Å². The van der Waals surface area contributed by atoms with Crippen molar-refractivity contribution >= 4 is 5.96 Å². The van der Waals surface area contributed by atoms with Gasteiger partial charge in [-0.15, -0.1) is 0 Å². The Morgan fingerprint density at radius 2 is 2.19 bits per heavy atom. The van der Waals surface area contributed by atoms with E-state index in [4.69, 9.17) is 0 Å². The van der Waals surface area contributed by atoms with Crippen LogP contribution < -0.4 is 10.6 Å². The number of aliphatic hydroxyl groups excluding tert-OH is 1. The first-order valence-electron chi connectivity index (χ1n) is 7.87. The van der Waals surface area contributed by atoms with Crippen LogP contribution in [0.5, 0.6) is 0 Å². The van der Waals surface area contributed by atoms with E-state index in [9.17, 15) is 5.11 Å². The van der Waals surface area contributed by atoms with Gasteiger partial charge in [0.2, 0.25) is 0 Å². The van der Waals surface area contributed by atoms with Gasteiger partial charge in [0, 0.05) is 32.4 Å². The summed E-state index contributed by atoms with van der Waals surface area (Å²) in [6.45, 7) is 3.67. The van der Waals surface area contributed by atoms with Crippen LogP contribution in [0.3, 0.4) is 0 Å². The van der Waals surface area contributed by atoms with E-state index in [1.54, 1.807) is 0 Å². The Morgan fingerprint density at radius 1 is 1.43 bits per heavy atom. The number of hydrogen-bond donors (Lipinski definition) is 3. The average molecular weight is 293 g/mol. The first kappa shape index (κ1) is 15.8. The summed E-state index contributed by atoms with van der Waals surface area (Å²) in [7, 11) is 1.93. The molecule has 1 aromatic heterocycles. The summed E-state index contributed by atoms with van der Waals surface area (Å²) >= 11 is 0. The van der Waals surface area contributed by atoms with Gasteiger partial charge in [-0.3, -0.25) is 9.67 Å². The Hall–Kier alpha value is -1.56. The lowest BCUT2D eigenvalue weighted by Crippen LogP contribution is -2.45. The normalized spacial score (nSPS) is 23.1. The highest BCUT2D eigenvalue weighted by Crippen LogP contribution is 2.18. The Bertz CT molecular complexity index is 449. The molecule has 0 amide bonds. The summed E-state index contributed by atoms with van der Waals surface area (Å²) in [5.74, 6) is 0.878. The number of guanidine groups is 1. The molecule has 3 N–H and O–H groups in total. The predicted molar refractivity (Wildman–Crippen MR) is 84.3 cm³/mol. The van der Waals surface area contributed by atoms with E-state index in [0.717, 1.165) is 51.2 Å². The Balaban J connectivity index is 1.81. The number of nitrogens with one attached hydrogen (secondary N) is 2. The lowest BCUT2D eigenvalue weighted by molar-refractivity contribution is 0.120. The van der Waals surface area contributed by atoms with E-state index in [1.807, 2.05) is 24.1 Å². The highest BCUT2D eigenvalue weighted by molar-refractivity contribution is 5.80. The van der Waals surface area contributed by atoms with Gasteiger partial charge in [-0.05, 0) is 44.6 Å². The lowest BCUT2D eigenvalue weighted by Gasteiger charge is -2.27. The fourth-order valence-corrected chi connectivity index (χ4v) is 2.63. The largest absolute Gasteiger partial charge is 0.393 e. The molecule has 6 heteroatoms. The molecule has 0 unspecified atom stereocenters. The maximum absolute atomic E-state index is 9.55. The summed E-state index contributed by atoms with van der Waals surface area (Å²) in [5, 5.41) is 20.5. The zero-order valence-corrected chi connectivity index (χ0v) is 13.0. The molecule has 0 aliphatic heterocycles. The number of rotatable bonds is 5. The van der Waals surface area contributed by atoms with Crippen molar-refractivity contribution in [3.05, 3.63) is 18.0 Å². The number of aryl methyl sites for hydroxylation is 1. The van der Waals surface area contributed by atoms with Crippen LogP contribution in [0.4, 0.5) is 0 Å². The van der Waals surface area contributed by atoms with Gasteiger partial charge in [0.25, 0.3) is 0 Å². The lowest BCUT2D eigenvalue weighted by atomic mass is 9.93. The van der Waals surface area contributed by atoms with Crippen LogP contribution in [0.15, 0.2) is 17.4 Å². The van der Waals surface area contributed by atoms with E-state index in [0.29, 0.717) is 6.04 Å². The Morgan fingerprint density at radius 3 is 2.81 bits per heavy atom. The predicted octanol–water partition coefficient (Wildman–Crippen LogP) is 0.821. The third-order valence-corrected chi connectivity index (χ3v) is 3.81. The zero-order valence-electron chi connectivity index (χ0n) is 13.0. The minimum absolute atomic E-state index is 0.117. The van der Waals surface area contributed by atoms with Crippen molar-refractivity contribution in [1.82, 2.24) is 20.4 Å². The second kappa shape index (κ2) is 8.02. The van der Waals surface area contributed by atoms with Crippen molar-refractivity contribution in [1.29, 1.82) is 0 Å². The van der Waals surface area contributed by atoms with Crippen molar-refractivity contribution < 1.29 is 5.11 Å². The van der Waals surface area contributed by atoms with Gasteiger partial charge < -0.3 is 15.7 Å². The molecule has 0 spiro atoms.